The minimum atomic E-state index is -1.31. The van der Waals surface area contributed by atoms with E-state index in [1.165, 1.54) is 19.1 Å². The lowest BCUT2D eigenvalue weighted by atomic mass is 10.1. The number of hydrogen-bond acceptors (Lipinski definition) is 2. The van der Waals surface area contributed by atoms with Gasteiger partial charge in [0.05, 0.1) is 18.8 Å². The molecule has 0 spiro atoms. The third-order valence-electron chi connectivity index (χ3n) is 2.30. The van der Waals surface area contributed by atoms with Gasteiger partial charge in [-0.2, -0.15) is 0 Å². The third-order valence-corrected chi connectivity index (χ3v) is 2.76. The zero-order chi connectivity index (χ0) is 11.1. The maximum Gasteiger partial charge on any atom is 0.197 e. The van der Waals surface area contributed by atoms with Gasteiger partial charge in [0.15, 0.2) is 5.79 Å². The molecule has 0 N–H and O–H groups in total. The Morgan fingerprint density at radius 3 is 2.13 bits per heavy atom. The Morgan fingerprint density at radius 1 is 1.20 bits per heavy atom. The predicted octanol–water partition coefficient (Wildman–Crippen LogP) is 2.95. The predicted molar refractivity (Wildman–Crippen MR) is 53.3 cm³/mol. The van der Waals surface area contributed by atoms with E-state index in [0.29, 0.717) is 17.7 Å². The standard InChI is InChI=1S/C10H9BrF2O2/c1-10(14-2-3-15-10)9-7(12)4-6(11)5-8(9)13/h4-5H,2-3H2,1H3. The zero-order valence-electron chi connectivity index (χ0n) is 8.02. The van der Waals surface area contributed by atoms with Gasteiger partial charge in [0, 0.05) is 4.47 Å². The van der Waals surface area contributed by atoms with Crippen molar-refractivity contribution in [2.24, 2.45) is 0 Å². The van der Waals surface area contributed by atoms with E-state index >= 15 is 0 Å². The number of hydrogen-bond donors (Lipinski definition) is 0. The fourth-order valence-electron chi connectivity index (χ4n) is 1.63. The molecule has 15 heavy (non-hydrogen) atoms. The fraction of sp³-hybridized carbons (Fsp3) is 0.400. The summed E-state index contributed by atoms with van der Waals surface area (Å²) in [6, 6.07) is 2.38. The summed E-state index contributed by atoms with van der Waals surface area (Å²) in [7, 11) is 0. The van der Waals surface area contributed by atoms with Gasteiger partial charge in [-0.3, -0.25) is 0 Å². The van der Waals surface area contributed by atoms with E-state index in [9.17, 15) is 8.78 Å². The van der Waals surface area contributed by atoms with Crippen LogP contribution in [0.3, 0.4) is 0 Å². The molecule has 1 fully saturated rings. The minimum absolute atomic E-state index is 0.178. The second-order valence-corrected chi connectivity index (χ2v) is 4.30. The molecule has 1 saturated heterocycles. The highest BCUT2D eigenvalue weighted by Gasteiger charge is 2.38. The van der Waals surface area contributed by atoms with E-state index in [4.69, 9.17) is 9.47 Å². The van der Waals surface area contributed by atoms with Gasteiger partial charge in [-0.05, 0) is 19.1 Å². The van der Waals surface area contributed by atoms with E-state index in [1.54, 1.807) is 0 Å². The Hall–Kier alpha value is -0.520. The summed E-state index contributed by atoms with van der Waals surface area (Å²) in [6.45, 7) is 2.19. The van der Waals surface area contributed by atoms with Crippen LogP contribution in [0.4, 0.5) is 8.78 Å². The van der Waals surface area contributed by atoms with Gasteiger partial charge >= 0.3 is 0 Å². The van der Waals surface area contributed by atoms with Crippen LogP contribution in [0.5, 0.6) is 0 Å². The average molecular weight is 279 g/mol. The summed E-state index contributed by atoms with van der Waals surface area (Å²) in [5, 5.41) is 0. The molecule has 0 saturated carbocycles. The van der Waals surface area contributed by atoms with E-state index in [-0.39, 0.29) is 5.56 Å². The molecule has 0 aliphatic carbocycles. The molecule has 1 aromatic carbocycles. The van der Waals surface area contributed by atoms with Crippen molar-refractivity contribution in [3.8, 4) is 0 Å². The van der Waals surface area contributed by atoms with Gasteiger partial charge < -0.3 is 9.47 Å². The average Bonchev–Trinajstić information content (AvgIpc) is 2.50. The molecule has 1 aliphatic rings. The van der Waals surface area contributed by atoms with E-state index in [0.717, 1.165) is 0 Å². The summed E-state index contributed by atoms with van der Waals surface area (Å²) >= 11 is 3.01. The van der Waals surface area contributed by atoms with Crippen LogP contribution >= 0.6 is 15.9 Å². The Bertz CT molecular complexity index is 366. The van der Waals surface area contributed by atoms with E-state index in [1.807, 2.05) is 0 Å². The molecule has 0 aromatic heterocycles. The third kappa shape index (κ3) is 1.91. The molecule has 1 aromatic rings. The molecule has 0 amide bonds. The van der Waals surface area contributed by atoms with Gasteiger partial charge in [0.25, 0.3) is 0 Å². The van der Waals surface area contributed by atoms with Crippen molar-refractivity contribution in [1.82, 2.24) is 0 Å². The van der Waals surface area contributed by atoms with Crippen molar-refractivity contribution < 1.29 is 18.3 Å². The zero-order valence-corrected chi connectivity index (χ0v) is 9.61. The first kappa shape index (κ1) is 11.0. The van der Waals surface area contributed by atoms with Gasteiger partial charge in [0.1, 0.15) is 11.6 Å². The number of halogens is 3. The molecular formula is C10H9BrF2O2. The lowest BCUT2D eigenvalue weighted by Gasteiger charge is -2.23. The molecule has 0 unspecified atom stereocenters. The van der Waals surface area contributed by atoms with Gasteiger partial charge in [0.2, 0.25) is 0 Å². The van der Waals surface area contributed by atoms with Gasteiger partial charge in [-0.1, -0.05) is 15.9 Å². The summed E-state index contributed by atoms with van der Waals surface area (Å²) in [5.74, 6) is -2.66. The first-order valence-corrected chi connectivity index (χ1v) is 5.25. The van der Waals surface area contributed by atoms with Crippen LogP contribution in [0.2, 0.25) is 0 Å². The van der Waals surface area contributed by atoms with E-state index < -0.39 is 17.4 Å². The summed E-state index contributed by atoms with van der Waals surface area (Å²) in [6.07, 6.45) is 0. The van der Waals surface area contributed by atoms with Crippen LogP contribution in [0, 0.1) is 11.6 Å². The van der Waals surface area contributed by atoms with Crippen molar-refractivity contribution in [2.75, 3.05) is 13.2 Å². The number of rotatable bonds is 1. The van der Waals surface area contributed by atoms with Crippen molar-refractivity contribution in [3.05, 3.63) is 33.8 Å². The van der Waals surface area contributed by atoms with Crippen LogP contribution in [0.1, 0.15) is 12.5 Å². The first-order chi connectivity index (χ1) is 7.03. The topological polar surface area (TPSA) is 18.5 Å². The molecule has 2 nitrogen and oxygen atoms in total. The van der Waals surface area contributed by atoms with Crippen molar-refractivity contribution >= 4 is 15.9 Å². The van der Waals surface area contributed by atoms with Gasteiger partial charge in [-0.25, -0.2) is 8.78 Å². The number of ether oxygens (including phenoxy) is 2. The molecule has 82 valence electrons. The molecule has 0 radical (unpaired) electrons. The molecule has 5 heteroatoms. The maximum absolute atomic E-state index is 13.6. The Morgan fingerprint density at radius 2 is 1.67 bits per heavy atom. The van der Waals surface area contributed by atoms with E-state index in [2.05, 4.69) is 15.9 Å². The lowest BCUT2D eigenvalue weighted by Crippen LogP contribution is -2.25. The van der Waals surface area contributed by atoms with Crippen LogP contribution in [-0.2, 0) is 15.3 Å². The molecule has 0 bridgehead atoms. The van der Waals surface area contributed by atoms with Gasteiger partial charge in [-0.15, -0.1) is 0 Å². The summed E-state index contributed by atoms with van der Waals surface area (Å²) < 4.78 is 37.9. The first-order valence-electron chi connectivity index (χ1n) is 4.46. The molecule has 1 aliphatic heterocycles. The minimum Gasteiger partial charge on any atom is -0.343 e. The largest absolute Gasteiger partial charge is 0.343 e. The maximum atomic E-state index is 13.6. The monoisotopic (exact) mass is 278 g/mol. The Kier molecular flexibility index (Phi) is 2.79. The molecule has 1 heterocycles. The fourth-order valence-corrected chi connectivity index (χ4v) is 2.04. The lowest BCUT2D eigenvalue weighted by molar-refractivity contribution is -0.153. The summed E-state index contributed by atoms with van der Waals surface area (Å²) in [4.78, 5) is 0. The quantitative estimate of drug-likeness (QED) is 0.787. The highest BCUT2D eigenvalue weighted by molar-refractivity contribution is 9.10. The normalized spacial score (nSPS) is 19.5. The number of benzene rings is 1. The van der Waals surface area contributed by atoms with Crippen LogP contribution in [0.25, 0.3) is 0 Å². The molecule has 2 rings (SSSR count). The molecular weight excluding hydrogens is 270 g/mol. The van der Waals surface area contributed by atoms with Crippen LogP contribution in [-0.4, -0.2) is 13.2 Å². The van der Waals surface area contributed by atoms with Crippen molar-refractivity contribution in [2.45, 2.75) is 12.7 Å². The Balaban J connectivity index is 2.52. The van der Waals surface area contributed by atoms with Crippen LogP contribution in [0.15, 0.2) is 16.6 Å². The Labute approximate surface area is 94.3 Å². The highest BCUT2D eigenvalue weighted by atomic mass is 79.9. The second-order valence-electron chi connectivity index (χ2n) is 3.39. The molecule has 0 atom stereocenters. The van der Waals surface area contributed by atoms with Crippen LogP contribution < -0.4 is 0 Å². The smallest absolute Gasteiger partial charge is 0.197 e. The van der Waals surface area contributed by atoms with Crippen molar-refractivity contribution in [3.63, 3.8) is 0 Å². The summed E-state index contributed by atoms with van der Waals surface area (Å²) in [5.41, 5.74) is -0.178. The highest BCUT2D eigenvalue weighted by Crippen LogP contribution is 2.35. The SMILES string of the molecule is CC1(c2c(F)cc(Br)cc2F)OCCO1. The van der Waals surface area contributed by atoms with Crippen molar-refractivity contribution in [1.29, 1.82) is 0 Å². The second kappa shape index (κ2) is 3.81.